The van der Waals surface area contributed by atoms with Crippen molar-refractivity contribution in [2.45, 2.75) is 146 Å². The Morgan fingerprint density at radius 1 is 0.662 bits per heavy atom. The maximum Gasteiger partial charge on any atom is 0.237 e. The number of amides is 2. The van der Waals surface area contributed by atoms with Crippen LogP contribution in [0.15, 0.2) is 36.7 Å². The van der Waals surface area contributed by atoms with Gasteiger partial charge in [-0.05, 0) is 141 Å². The number of benzene rings is 2. The Balaban J connectivity index is 0.000000143. The predicted molar refractivity (Wildman–Crippen MR) is 282 cm³/mol. The lowest BCUT2D eigenvalue weighted by atomic mass is 9.80. The number of hydrogen-bond donors (Lipinski definition) is 3. The van der Waals surface area contributed by atoms with Crippen molar-refractivity contribution in [2.24, 2.45) is 0 Å². The van der Waals surface area contributed by atoms with Gasteiger partial charge in [-0.15, -0.1) is 0 Å². The predicted octanol–water partition coefficient (Wildman–Crippen LogP) is 10.3. The summed E-state index contributed by atoms with van der Waals surface area (Å²) in [6.07, 6.45) is 21.3. The van der Waals surface area contributed by atoms with Crippen LogP contribution in [0, 0.1) is 0 Å². The van der Waals surface area contributed by atoms with Crippen molar-refractivity contribution in [3.05, 3.63) is 70.0 Å². The van der Waals surface area contributed by atoms with E-state index in [1.165, 1.54) is 62.7 Å². The number of carbonyl (C=O) groups excluding carboxylic acids is 2. The third kappa shape index (κ3) is 8.70. The second-order valence-electron chi connectivity index (χ2n) is 22.5. The van der Waals surface area contributed by atoms with Gasteiger partial charge in [-0.3, -0.25) is 14.7 Å². The molecule has 2 aromatic carbocycles. The van der Waals surface area contributed by atoms with E-state index in [9.17, 15) is 9.59 Å². The highest BCUT2D eigenvalue weighted by Crippen LogP contribution is 2.55. The lowest BCUT2D eigenvalue weighted by molar-refractivity contribution is -0.123. The Bertz CT molecular complexity index is 2910. The summed E-state index contributed by atoms with van der Waals surface area (Å²) in [5.74, 6) is 0.544. The molecule has 3 N–H and O–H groups in total. The van der Waals surface area contributed by atoms with Crippen LogP contribution in [0.2, 0.25) is 25.7 Å². The second-order valence-corrected chi connectivity index (χ2v) is 28.1. The summed E-state index contributed by atoms with van der Waals surface area (Å²) in [6.45, 7) is 12.8. The summed E-state index contributed by atoms with van der Waals surface area (Å²) in [4.78, 5) is 38.6. The van der Waals surface area contributed by atoms with Crippen LogP contribution >= 0.6 is 0 Å². The first-order valence-electron chi connectivity index (χ1n) is 26.8. The molecule has 2 spiro atoms. The highest BCUT2D eigenvalue weighted by Gasteiger charge is 2.53. The van der Waals surface area contributed by atoms with Gasteiger partial charge in [0.1, 0.15) is 12.4 Å². The van der Waals surface area contributed by atoms with Crippen molar-refractivity contribution in [1.29, 1.82) is 0 Å². The van der Waals surface area contributed by atoms with Crippen LogP contribution in [0.4, 0.5) is 11.4 Å². The molecule has 7 aliphatic rings. The molecular formula is C56H74N8O6Si. The van der Waals surface area contributed by atoms with E-state index in [-0.39, 0.29) is 22.6 Å². The molecular weight excluding hydrogens is 909 g/mol. The van der Waals surface area contributed by atoms with E-state index in [1.807, 2.05) is 20.7 Å². The van der Waals surface area contributed by atoms with Gasteiger partial charge in [0.05, 0.1) is 47.3 Å². The van der Waals surface area contributed by atoms with Crippen LogP contribution in [0.5, 0.6) is 0 Å². The number of carbonyl (C=O) groups is 2. The Labute approximate surface area is 418 Å². The van der Waals surface area contributed by atoms with Crippen molar-refractivity contribution in [3.63, 3.8) is 0 Å². The van der Waals surface area contributed by atoms with E-state index >= 15 is 0 Å². The number of ether oxygens (including phenoxy) is 4. The average Bonchev–Trinajstić information content (AvgIpc) is 4.24. The van der Waals surface area contributed by atoms with Gasteiger partial charge in [0, 0.05) is 94.6 Å². The second kappa shape index (κ2) is 19.7. The smallest absolute Gasteiger partial charge is 0.237 e. The molecule has 15 heteroatoms. The van der Waals surface area contributed by atoms with Gasteiger partial charge in [0.2, 0.25) is 11.8 Å². The number of rotatable bonds is 11. The van der Waals surface area contributed by atoms with Gasteiger partial charge in [-0.1, -0.05) is 45.3 Å². The zero-order chi connectivity index (χ0) is 48.9. The summed E-state index contributed by atoms with van der Waals surface area (Å²) in [5.41, 5.74) is 15.9. The minimum absolute atomic E-state index is 0.269. The molecule has 4 aliphatic carbocycles. The van der Waals surface area contributed by atoms with Crippen molar-refractivity contribution < 1.29 is 28.5 Å². The van der Waals surface area contributed by atoms with Crippen LogP contribution in [0.3, 0.4) is 0 Å². The Hall–Kier alpha value is -5.06. The van der Waals surface area contributed by atoms with Crippen LogP contribution in [0.25, 0.3) is 44.6 Å². The molecule has 3 fully saturated rings. The van der Waals surface area contributed by atoms with Crippen molar-refractivity contribution in [3.8, 4) is 22.8 Å². The average molecular weight is 983 g/mol. The Morgan fingerprint density at radius 3 is 1.75 bits per heavy atom. The van der Waals surface area contributed by atoms with Gasteiger partial charge in [0.25, 0.3) is 0 Å². The van der Waals surface area contributed by atoms with E-state index in [4.69, 9.17) is 24.0 Å². The molecule has 71 heavy (non-hydrogen) atoms. The summed E-state index contributed by atoms with van der Waals surface area (Å²) < 4.78 is 23.6. The summed E-state index contributed by atoms with van der Waals surface area (Å²) in [5, 5.41) is 14.9. The number of hydrogen-bond acceptors (Lipinski definition) is 8. The number of fused-ring (bicyclic) bond motifs is 14. The van der Waals surface area contributed by atoms with Crippen molar-refractivity contribution in [2.75, 3.05) is 70.1 Å². The Morgan fingerprint density at radius 2 is 1.21 bits per heavy atom. The van der Waals surface area contributed by atoms with E-state index < -0.39 is 8.07 Å². The molecule has 3 aliphatic heterocycles. The normalized spacial score (nSPS) is 19.3. The monoisotopic (exact) mass is 983 g/mol. The van der Waals surface area contributed by atoms with Crippen molar-refractivity contribution in [1.82, 2.24) is 29.9 Å². The third-order valence-corrected chi connectivity index (χ3v) is 18.5. The zero-order valence-corrected chi connectivity index (χ0v) is 43.8. The number of nitrogens with zero attached hydrogens (tertiary/aromatic N) is 5. The zero-order valence-electron chi connectivity index (χ0n) is 42.8. The number of anilines is 2. The minimum atomic E-state index is -1.11. The molecule has 2 saturated carbocycles. The molecule has 1 saturated heterocycles. The number of nitrogens with one attached hydrogen (secondary N) is 3. The third-order valence-electron chi connectivity index (χ3n) is 16.8. The number of H-pyrrole nitrogens is 3. The van der Waals surface area contributed by atoms with Crippen LogP contribution in [0.1, 0.15) is 110 Å². The first kappa shape index (κ1) is 48.2. The molecule has 0 unspecified atom stereocenters. The van der Waals surface area contributed by atoms with Gasteiger partial charge in [-0.25, -0.2) is 4.68 Å². The molecule has 378 valence electrons. The van der Waals surface area contributed by atoms with Crippen LogP contribution in [-0.2, 0) is 71.8 Å². The number of aryl methyl sites for hydroxylation is 4. The number of aromatic amines is 3. The standard InChI is InChI=1S/C29H40N4O3Si.C23H26N4O2.C4H8O/c1-35-13-12-33-25-16-22-21-9-7-8-20-18-32(19-36-14-15-37(2,3)4)31-26(20)27(21)30-24(22)17-23(25)29(28(33)34)10-5-6-11-29;1-29-10-9-27-19-11-16-15-6-4-5-14-13-24-26-20(14)21(15)25-18(16)12-17(19)23(22(27)28)7-2-3-8-23;1-2-4-5-3-1/h16-18,30H,5-15,19H2,1-4H3;11-13,25H,2-10H2,1H3,(H,24,26);1-4H2. The fourth-order valence-corrected chi connectivity index (χ4v) is 13.8. The first-order valence-corrected chi connectivity index (χ1v) is 30.5. The van der Waals surface area contributed by atoms with Gasteiger partial charge in [0.15, 0.2) is 0 Å². The molecule has 0 bridgehead atoms. The number of aromatic nitrogens is 6. The Kier molecular flexibility index (Phi) is 13.4. The maximum absolute atomic E-state index is 13.7. The van der Waals surface area contributed by atoms with Gasteiger partial charge in [-0.2, -0.15) is 10.2 Å². The molecule has 14 nitrogen and oxygen atoms in total. The molecule has 6 aromatic rings. The first-order chi connectivity index (χ1) is 34.5. The van der Waals surface area contributed by atoms with E-state index in [0.717, 1.165) is 155 Å². The van der Waals surface area contributed by atoms with Crippen LogP contribution < -0.4 is 9.80 Å². The van der Waals surface area contributed by atoms with Crippen LogP contribution in [-0.4, -0.2) is 110 Å². The highest BCUT2D eigenvalue weighted by molar-refractivity contribution is 6.76. The van der Waals surface area contributed by atoms with Gasteiger partial charge < -0.3 is 38.7 Å². The summed E-state index contributed by atoms with van der Waals surface area (Å²) in [6, 6.07) is 10.3. The number of methoxy groups -OCH3 is 2. The fraction of sp³-hybridized carbons (Fsp3) is 0.571. The lowest BCUT2D eigenvalue weighted by Gasteiger charge is -2.23. The molecule has 0 radical (unpaired) electrons. The van der Waals surface area contributed by atoms with Crippen molar-refractivity contribution >= 4 is 53.1 Å². The van der Waals surface area contributed by atoms with E-state index in [1.54, 1.807) is 14.2 Å². The highest BCUT2D eigenvalue weighted by atomic mass is 28.3. The molecule has 2 amide bonds. The SMILES string of the molecule is C1CCOC1.COCCN1C(=O)C2(CCCC2)c2cc3[nH]c4c(c3cc21)CCCc1cn(COCC[Si](C)(C)C)nc1-4.COCCN1C(=O)C2(CCCC2)c2cc3[nH]c4c(c3cc21)CCCc1cn[nH]c1-4. The minimum Gasteiger partial charge on any atom is -0.383 e. The molecule has 13 rings (SSSR count). The lowest BCUT2D eigenvalue weighted by Crippen LogP contribution is -2.39. The largest absolute Gasteiger partial charge is 0.383 e. The van der Waals surface area contributed by atoms with E-state index in [2.05, 4.69) is 70.3 Å². The molecule has 0 atom stereocenters. The van der Waals surface area contributed by atoms with E-state index in [0.29, 0.717) is 33.0 Å². The molecule has 7 heterocycles. The quantitative estimate of drug-likeness (QED) is 0.0856. The fourth-order valence-electron chi connectivity index (χ4n) is 13.0. The summed E-state index contributed by atoms with van der Waals surface area (Å²) >= 11 is 0. The molecule has 4 aromatic heterocycles. The van der Waals surface area contributed by atoms with Gasteiger partial charge >= 0.3 is 0 Å². The topological polar surface area (TPSA) is 156 Å². The maximum atomic E-state index is 13.7. The summed E-state index contributed by atoms with van der Waals surface area (Å²) in [7, 11) is 2.30.